The lowest BCUT2D eigenvalue weighted by Crippen LogP contribution is -2.24. The molecule has 2 rings (SSSR count). The first kappa shape index (κ1) is 16.7. The maximum absolute atomic E-state index is 13.2. The van der Waals surface area contributed by atoms with Crippen LogP contribution < -0.4 is 10.6 Å². The number of carbonyl (C=O) groups is 1. The summed E-state index contributed by atoms with van der Waals surface area (Å²) in [6.45, 7) is 0. The molecule has 0 radical (unpaired) electrons. The zero-order chi connectivity index (χ0) is 16.1. The summed E-state index contributed by atoms with van der Waals surface area (Å²) in [5, 5.41) is 6.18. The van der Waals surface area contributed by atoms with Crippen LogP contribution >= 0.6 is 27.5 Å². The molecule has 7 heteroatoms. The van der Waals surface area contributed by atoms with Gasteiger partial charge in [-0.05, 0) is 35.9 Å². The summed E-state index contributed by atoms with van der Waals surface area (Å²) in [5.41, 5.74) is 0.800. The largest absolute Gasteiger partial charge is 0.363 e. The Morgan fingerprint density at radius 3 is 2.82 bits per heavy atom. The molecule has 116 valence electrons. The lowest BCUT2D eigenvalue weighted by atomic mass is 10.0. The van der Waals surface area contributed by atoms with Gasteiger partial charge in [0.2, 0.25) is 11.9 Å². The smallest absolute Gasteiger partial charge is 0.222 e. The molecule has 0 aliphatic rings. The molecule has 0 spiro atoms. The van der Waals surface area contributed by atoms with Crippen molar-refractivity contribution in [1.29, 1.82) is 0 Å². The Kier molecular flexibility index (Phi) is 5.74. The van der Waals surface area contributed by atoms with Crippen LogP contribution in [0.3, 0.4) is 0 Å². The molecule has 0 fully saturated rings. The molecule has 0 aliphatic heterocycles. The van der Waals surface area contributed by atoms with Crippen molar-refractivity contribution in [3.05, 3.63) is 57.4 Å². The van der Waals surface area contributed by atoms with E-state index in [0.717, 1.165) is 10.0 Å². The minimum atomic E-state index is -0.587. The summed E-state index contributed by atoms with van der Waals surface area (Å²) in [4.78, 5) is 15.5. The highest BCUT2D eigenvalue weighted by atomic mass is 79.9. The fourth-order valence-corrected chi connectivity index (χ4v) is 2.87. The Morgan fingerprint density at radius 1 is 1.41 bits per heavy atom. The van der Waals surface area contributed by atoms with Crippen LogP contribution in [0.1, 0.15) is 18.0 Å². The zero-order valence-electron chi connectivity index (χ0n) is 11.7. The molecular weight excluding hydrogens is 373 g/mol. The summed E-state index contributed by atoms with van der Waals surface area (Å²) in [6, 6.07) is 9.42. The molecule has 0 bridgehead atoms. The highest BCUT2D eigenvalue weighted by molar-refractivity contribution is 9.10. The second-order valence-corrected chi connectivity index (χ2v) is 5.97. The third-order valence-electron chi connectivity index (χ3n) is 2.99. The maximum atomic E-state index is 13.2. The van der Waals surface area contributed by atoms with Gasteiger partial charge in [-0.15, -0.1) is 0 Å². The maximum Gasteiger partial charge on any atom is 0.222 e. The Hall–Kier alpha value is -1.66. The van der Waals surface area contributed by atoms with Gasteiger partial charge in [-0.2, -0.15) is 4.39 Å². The number of hydrogen-bond donors (Lipinski definition) is 2. The molecule has 1 amide bonds. The van der Waals surface area contributed by atoms with Gasteiger partial charge < -0.3 is 10.6 Å². The van der Waals surface area contributed by atoms with Crippen LogP contribution in [0.25, 0.3) is 0 Å². The second kappa shape index (κ2) is 7.56. The highest BCUT2D eigenvalue weighted by Crippen LogP contribution is 2.28. The van der Waals surface area contributed by atoms with Crippen molar-refractivity contribution in [1.82, 2.24) is 10.3 Å². The molecule has 1 heterocycles. The number of benzene rings is 1. The molecule has 0 saturated heterocycles. The third-order valence-corrected chi connectivity index (χ3v) is 3.67. The van der Waals surface area contributed by atoms with E-state index < -0.39 is 5.95 Å². The highest BCUT2D eigenvalue weighted by Gasteiger charge is 2.17. The van der Waals surface area contributed by atoms with Gasteiger partial charge in [0.15, 0.2) is 0 Å². The number of pyridine rings is 1. The number of amides is 1. The first-order chi connectivity index (χ1) is 10.5. The van der Waals surface area contributed by atoms with Gasteiger partial charge in [0.1, 0.15) is 5.82 Å². The second-order valence-electron chi connectivity index (χ2n) is 4.62. The summed E-state index contributed by atoms with van der Waals surface area (Å²) >= 11 is 9.43. The van der Waals surface area contributed by atoms with Crippen LogP contribution in [0.4, 0.5) is 10.2 Å². The molecule has 2 N–H and O–H groups in total. The molecule has 1 aromatic carbocycles. The van der Waals surface area contributed by atoms with E-state index in [2.05, 4.69) is 31.5 Å². The van der Waals surface area contributed by atoms with E-state index in [-0.39, 0.29) is 18.4 Å². The van der Waals surface area contributed by atoms with Gasteiger partial charge in [0.25, 0.3) is 0 Å². The normalized spacial score (nSPS) is 11.8. The molecule has 2 aromatic rings. The number of anilines is 1. The van der Waals surface area contributed by atoms with Gasteiger partial charge in [-0.3, -0.25) is 4.79 Å². The van der Waals surface area contributed by atoms with E-state index in [0.29, 0.717) is 10.8 Å². The number of halogens is 3. The number of rotatable bonds is 5. The number of carbonyl (C=O) groups excluding carboxylic acids is 1. The quantitative estimate of drug-likeness (QED) is 0.766. The third kappa shape index (κ3) is 4.68. The van der Waals surface area contributed by atoms with E-state index in [1.165, 1.54) is 6.07 Å². The van der Waals surface area contributed by atoms with Crippen LogP contribution in [0, 0.1) is 5.95 Å². The fourth-order valence-electron chi connectivity index (χ4n) is 1.98. The van der Waals surface area contributed by atoms with E-state index in [1.54, 1.807) is 31.3 Å². The molecule has 22 heavy (non-hydrogen) atoms. The van der Waals surface area contributed by atoms with Crippen LogP contribution in [0.15, 0.2) is 40.9 Å². The Morgan fingerprint density at radius 2 is 2.18 bits per heavy atom. The molecule has 1 atom stereocenters. The van der Waals surface area contributed by atoms with Gasteiger partial charge in [0.05, 0.1) is 12.5 Å². The molecule has 1 aromatic heterocycles. The topological polar surface area (TPSA) is 54.0 Å². The first-order valence-corrected chi connectivity index (χ1v) is 7.70. The molecule has 0 saturated carbocycles. The Balaban J connectivity index is 2.31. The summed E-state index contributed by atoms with van der Waals surface area (Å²) in [7, 11) is 1.56. The van der Waals surface area contributed by atoms with Crippen LogP contribution in [0.2, 0.25) is 5.02 Å². The minimum Gasteiger partial charge on any atom is -0.363 e. The Bertz CT molecular complexity index is 663. The SMILES string of the molecule is CNC(=O)C[C@H](Nc1cccc(F)n1)c1cc(Cl)cc(Br)c1. The summed E-state index contributed by atoms with van der Waals surface area (Å²) < 4.78 is 14.0. The molecule has 0 unspecified atom stereocenters. The number of hydrogen-bond acceptors (Lipinski definition) is 3. The van der Waals surface area contributed by atoms with Crippen molar-refractivity contribution in [2.45, 2.75) is 12.5 Å². The van der Waals surface area contributed by atoms with Gasteiger partial charge >= 0.3 is 0 Å². The zero-order valence-corrected chi connectivity index (χ0v) is 14.1. The van der Waals surface area contributed by atoms with E-state index in [4.69, 9.17) is 11.6 Å². The fraction of sp³-hybridized carbons (Fsp3) is 0.200. The van der Waals surface area contributed by atoms with Crippen LogP contribution in [0.5, 0.6) is 0 Å². The lowest BCUT2D eigenvalue weighted by molar-refractivity contribution is -0.120. The van der Waals surface area contributed by atoms with Crippen molar-refractivity contribution < 1.29 is 9.18 Å². The summed E-state index contributed by atoms with van der Waals surface area (Å²) in [5.74, 6) is -0.383. The lowest BCUT2D eigenvalue weighted by Gasteiger charge is -2.20. The molecular formula is C15H14BrClFN3O. The van der Waals surface area contributed by atoms with Crippen molar-refractivity contribution in [3.8, 4) is 0 Å². The summed E-state index contributed by atoms with van der Waals surface area (Å²) in [6.07, 6.45) is 0.168. The Labute approximate surface area is 141 Å². The van der Waals surface area contributed by atoms with Crippen molar-refractivity contribution in [3.63, 3.8) is 0 Å². The van der Waals surface area contributed by atoms with Gasteiger partial charge in [-0.25, -0.2) is 4.98 Å². The van der Waals surface area contributed by atoms with E-state index in [9.17, 15) is 9.18 Å². The standard InChI is InChI=1S/C15H14BrClFN3O/c1-19-15(22)8-12(9-5-10(16)7-11(17)6-9)20-14-4-2-3-13(18)21-14/h2-7,12H,8H2,1H3,(H,19,22)(H,20,21)/t12-/m0/s1. The first-order valence-electron chi connectivity index (χ1n) is 6.53. The molecule has 0 aliphatic carbocycles. The molecule has 4 nitrogen and oxygen atoms in total. The number of nitrogens with zero attached hydrogens (tertiary/aromatic N) is 1. The van der Waals surface area contributed by atoms with Crippen molar-refractivity contribution in [2.75, 3.05) is 12.4 Å². The van der Waals surface area contributed by atoms with Gasteiger partial charge in [-0.1, -0.05) is 33.6 Å². The van der Waals surface area contributed by atoms with Crippen LogP contribution in [-0.4, -0.2) is 17.9 Å². The van der Waals surface area contributed by atoms with Crippen LogP contribution in [-0.2, 0) is 4.79 Å². The number of nitrogens with one attached hydrogen (secondary N) is 2. The van der Waals surface area contributed by atoms with E-state index >= 15 is 0 Å². The number of aromatic nitrogens is 1. The predicted molar refractivity (Wildman–Crippen MR) is 88.4 cm³/mol. The van der Waals surface area contributed by atoms with Crippen molar-refractivity contribution in [2.24, 2.45) is 0 Å². The monoisotopic (exact) mass is 385 g/mol. The van der Waals surface area contributed by atoms with Crippen molar-refractivity contribution >= 4 is 39.3 Å². The average Bonchev–Trinajstić information content (AvgIpc) is 2.45. The predicted octanol–water partition coefficient (Wildman–Crippen LogP) is 3.93. The van der Waals surface area contributed by atoms with E-state index in [1.807, 2.05) is 6.07 Å². The van der Waals surface area contributed by atoms with Gasteiger partial charge in [0, 0.05) is 16.5 Å². The average molecular weight is 387 g/mol. The minimum absolute atomic E-state index is 0.148.